The Balaban J connectivity index is 3.04. The van der Waals surface area contributed by atoms with Gasteiger partial charge in [0.2, 0.25) is 0 Å². The second-order valence-corrected chi connectivity index (χ2v) is 4.57. The van der Waals surface area contributed by atoms with E-state index in [1.54, 1.807) is 20.9 Å². The van der Waals surface area contributed by atoms with Crippen LogP contribution in [0.4, 0.5) is 0 Å². The molecule has 1 amide bonds. The van der Waals surface area contributed by atoms with Crippen molar-refractivity contribution in [3.8, 4) is 0 Å². The molecule has 0 atom stereocenters. The molecule has 1 heterocycles. The average molecular weight is 252 g/mol. The number of nitrogens with zero attached hydrogens (tertiary/aromatic N) is 2. The van der Waals surface area contributed by atoms with Gasteiger partial charge in [-0.2, -0.15) is 0 Å². The third kappa shape index (κ3) is 2.84. The highest BCUT2D eigenvalue weighted by molar-refractivity contribution is 5.96. The van der Waals surface area contributed by atoms with Crippen LogP contribution in [-0.4, -0.2) is 51.2 Å². The van der Waals surface area contributed by atoms with Gasteiger partial charge in [-0.05, 0) is 26.0 Å². The van der Waals surface area contributed by atoms with E-state index in [9.17, 15) is 14.7 Å². The number of hydrogen-bond acceptors (Lipinski definition) is 4. The molecule has 0 aliphatic carbocycles. The highest BCUT2D eigenvalue weighted by atomic mass is 16.4. The number of amides is 1. The first-order valence-corrected chi connectivity index (χ1v) is 5.38. The van der Waals surface area contributed by atoms with Crippen LogP contribution in [0.3, 0.4) is 0 Å². The number of carbonyl (C=O) groups excluding carboxylic acids is 1. The molecule has 2 N–H and O–H groups in total. The topological polar surface area (TPSA) is 90.7 Å². The molecular formula is C12H16N2O4. The van der Waals surface area contributed by atoms with Crippen LogP contribution in [0.1, 0.15) is 34.7 Å². The molecule has 0 aliphatic rings. The predicted octanol–water partition coefficient (Wildman–Crippen LogP) is 0.623. The van der Waals surface area contributed by atoms with Crippen LogP contribution >= 0.6 is 0 Å². The monoisotopic (exact) mass is 252 g/mol. The lowest BCUT2D eigenvalue weighted by atomic mass is 10.0. The Bertz CT molecular complexity index is 471. The van der Waals surface area contributed by atoms with Crippen molar-refractivity contribution in [2.24, 2.45) is 0 Å². The van der Waals surface area contributed by atoms with Crippen molar-refractivity contribution in [3.05, 3.63) is 29.6 Å². The third-order valence-corrected chi connectivity index (χ3v) is 2.83. The molecule has 6 heteroatoms. The number of aromatic carboxylic acids is 1. The molecular weight excluding hydrogens is 236 g/mol. The van der Waals surface area contributed by atoms with Crippen LogP contribution < -0.4 is 0 Å². The van der Waals surface area contributed by atoms with E-state index in [1.165, 1.54) is 23.2 Å². The fourth-order valence-corrected chi connectivity index (χ4v) is 1.26. The van der Waals surface area contributed by atoms with Crippen molar-refractivity contribution in [1.29, 1.82) is 0 Å². The number of carbonyl (C=O) groups is 2. The first kappa shape index (κ1) is 14.1. The van der Waals surface area contributed by atoms with E-state index in [-0.39, 0.29) is 23.8 Å². The van der Waals surface area contributed by atoms with E-state index in [0.717, 1.165) is 0 Å². The molecule has 0 saturated carbocycles. The number of pyridine rings is 1. The Hall–Kier alpha value is -1.95. The molecule has 0 radical (unpaired) electrons. The van der Waals surface area contributed by atoms with Gasteiger partial charge in [0.1, 0.15) is 5.69 Å². The summed E-state index contributed by atoms with van der Waals surface area (Å²) in [5, 5.41) is 18.0. The summed E-state index contributed by atoms with van der Waals surface area (Å²) in [5.41, 5.74) is -0.675. The van der Waals surface area contributed by atoms with Crippen molar-refractivity contribution >= 4 is 11.9 Å². The summed E-state index contributed by atoms with van der Waals surface area (Å²) < 4.78 is 0. The highest BCUT2D eigenvalue weighted by Crippen LogP contribution is 2.15. The maximum absolute atomic E-state index is 12.1. The lowest BCUT2D eigenvalue weighted by Crippen LogP contribution is -2.47. The summed E-state index contributed by atoms with van der Waals surface area (Å²) in [6.45, 7) is 3.24. The number of carboxylic acid groups (broad SMARTS) is 1. The second kappa shape index (κ2) is 5.14. The van der Waals surface area contributed by atoms with Crippen molar-refractivity contribution < 1.29 is 19.8 Å². The second-order valence-electron chi connectivity index (χ2n) is 4.57. The third-order valence-electron chi connectivity index (χ3n) is 2.83. The van der Waals surface area contributed by atoms with Crippen molar-refractivity contribution in [1.82, 2.24) is 9.88 Å². The SMILES string of the molecule is CN(C(=O)c1ccnc(C(=O)O)c1)C(C)(C)CO. The van der Waals surface area contributed by atoms with Gasteiger partial charge in [0, 0.05) is 18.8 Å². The van der Waals surface area contributed by atoms with Crippen LogP contribution in [0.2, 0.25) is 0 Å². The van der Waals surface area contributed by atoms with Gasteiger partial charge in [-0.1, -0.05) is 0 Å². The minimum Gasteiger partial charge on any atom is -0.477 e. The molecule has 1 aromatic heterocycles. The van der Waals surface area contributed by atoms with Crippen LogP contribution in [0.5, 0.6) is 0 Å². The largest absolute Gasteiger partial charge is 0.477 e. The summed E-state index contributed by atoms with van der Waals surface area (Å²) in [7, 11) is 1.55. The summed E-state index contributed by atoms with van der Waals surface area (Å²) in [6.07, 6.45) is 1.27. The van der Waals surface area contributed by atoms with Gasteiger partial charge in [-0.25, -0.2) is 9.78 Å². The summed E-state index contributed by atoms with van der Waals surface area (Å²) in [5.74, 6) is -1.55. The number of aliphatic hydroxyl groups excluding tert-OH is 1. The Labute approximate surface area is 105 Å². The van der Waals surface area contributed by atoms with Crippen molar-refractivity contribution in [3.63, 3.8) is 0 Å². The standard InChI is InChI=1S/C12H16N2O4/c1-12(2,7-15)14(3)10(16)8-4-5-13-9(6-8)11(17)18/h4-6,15H,7H2,1-3H3,(H,17,18). The van der Waals surface area contributed by atoms with E-state index in [0.29, 0.717) is 0 Å². The Morgan fingerprint density at radius 2 is 2.06 bits per heavy atom. The van der Waals surface area contributed by atoms with E-state index < -0.39 is 11.5 Å². The number of rotatable bonds is 4. The smallest absolute Gasteiger partial charge is 0.354 e. The summed E-state index contributed by atoms with van der Waals surface area (Å²) >= 11 is 0. The number of carboxylic acids is 1. The molecule has 1 aromatic rings. The molecule has 0 fully saturated rings. The van der Waals surface area contributed by atoms with Gasteiger partial charge in [0.15, 0.2) is 0 Å². The first-order chi connectivity index (χ1) is 8.29. The van der Waals surface area contributed by atoms with E-state index in [4.69, 9.17) is 5.11 Å². The molecule has 0 aromatic carbocycles. The van der Waals surface area contributed by atoms with Gasteiger partial charge in [-0.15, -0.1) is 0 Å². The van der Waals surface area contributed by atoms with Gasteiger partial charge in [0.25, 0.3) is 5.91 Å². The number of hydrogen-bond donors (Lipinski definition) is 2. The van der Waals surface area contributed by atoms with Gasteiger partial charge < -0.3 is 15.1 Å². The summed E-state index contributed by atoms with van der Waals surface area (Å²) in [4.78, 5) is 27.9. The molecule has 1 rings (SSSR count). The fraction of sp³-hybridized carbons (Fsp3) is 0.417. The zero-order valence-electron chi connectivity index (χ0n) is 10.5. The minimum absolute atomic E-state index is 0.184. The summed E-state index contributed by atoms with van der Waals surface area (Å²) in [6, 6.07) is 2.66. The number of likely N-dealkylation sites (N-methyl/N-ethyl adjacent to an activating group) is 1. The predicted molar refractivity (Wildman–Crippen MR) is 64.5 cm³/mol. The maximum atomic E-state index is 12.1. The van der Waals surface area contributed by atoms with Gasteiger partial charge in [-0.3, -0.25) is 4.79 Å². The van der Waals surface area contributed by atoms with Crippen LogP contribution in [0.15, 0.2) is 18.3 Å². The Morgan fingerprint density at radius 3 is 2.56 bits per heavy atom. The molecule has 98 valence electrons. The molecule has 18 heavy (non-hydrogen) atoms. The lowest BCUT2D eigenvalue weighted by Gasteiger charge is -2.34. The van der Waals surface area contributed by atoms with Crippen LogP contribution in [0, 0.1) is 0 Å². The molecule has 6 nitrogen and oxygen atoms in total. The van der Waals surface area contributed by atoms with Crippen LogP contribution in [0.25, 0.3) is 0 Å². The zero-order chi connectivity index (χ0) is 13.9. The molecule has 0 aliphatic heterocycles. The quantitative estimate of drug-likeness (QED) is 0.819. The fourth-order valence-electron chi connectivity index (χ4n) is 1.26. The van der Waals surface area contributed by atoms with E-state index in [2.05, 4.69) is 4.98 Å². The molecule has 0 unspecified atom stereocenters. The number of aliphatic hydroxyl groups is 1. The van der Waals surface area contributed by atoms with Crippen LogP contribution in [-0.2, 0) is 0 Å². The Kier molecular flexibility index (Phi) is 4.03. The van der Waals surface area contributed by atoms with Crippen molar-refractivity contribution in [2.75, 3.05) is 13.7 Å². The normalized spacial score (nSPS) is 11.1. The highest BCUT2D eigenvalue weighted by Gasteiger charge is 2.27. The van der Waals surface area contributed by atoms with Gasteiger partial charge >= 0.3 is 5.97 Å². The van der Waals surface area contributed by atoms with Gasteiger partial charge in [0.05, 0.1) is 12.1 Å². The van der Waals surface area contributed by atoms with E-state index >= 15 is 0 Å². The van der Waals surface area contributed by atoms with Crippen molar-refractivity contribution in [2.45, 2.75) is 19.4 Å². The average Bonchev–Trinajstić information content (AvgIpc) is 2.37. The zero-order valence-corrected chi connectivity index (χ0v) is 10.5. The Morgan fingerprint density at radius 1 is 1.44 bits per heavy atom. The molecule has 0 bridgehead atoms. The number of aromatic nitrogens is 1. The van der Waals surface area contributed by atoms with E-state index in [1.807, 2.05) is 0 Å². The first-order valence-electron chi connectivity index (χ1n) is 5.38. The maximum Gasteiger partial charge on any atom is 0.354 e. The lowest BCUT2D eigenvalue weighted by molar-refractivity contribution is 0.0473. The minimum atomic E-state index is -1.19. The molecule has 0 spiro atoms. The molecule has 0 saturated heterocycles.